The molecule has 0 atom stereocenters. The number of imide groups is 1. The third-order valence-electron chi connectivity index (χ3n) is 6.94. The lowest BCUT2D eigenvalue weighted by Crippen LogP contribution is -2.49. The Kier molecular flexibility index (Phi) is 7.83. The smallest absolute Gasteiger partial charge is 0.328 e. The fourth-order valence-corrected chi connectivity index (χ4v) is 5.61. The van der Waals surface area contributed by atoms with Gasteiger partial charge in [-0.15, -0.1) is 0 Å². The number of hydrogen-bond acceptors (Lipinski definition) is 9. The van der Waals surface area contributed by atoms with Gasteiger partial charge in [-0.3, -0.25) is 15.0 Å². The minimum atomic E-state index is -0.399. The Balaban J connectivity index is 1.21. The van der Waals surface area contributed by atoms with Crippen LogP contribution in [0.2, 0.25) is 5.02 Å². The summed E-state index contributed by atoms with van der Waals surface area (Å²) in [6, 6.07) is 13.0. The molecule has 204 valence electrons. The van der Waals surface area contributed by atoms with E-state index in [9.17, 15) is 9.59 Å². The predicted octanol–water partition coefficient (Wildman–Crippen LogP) is 4.24. The lowest BCUT2D eigenvalue weighted by atomic mass is 9.91. The Morgan fingerprint density at radius 1 is 1.13 bits per heavy atom. The van der Waals surface area contributed by atoms with E-state index in [0.717, 1.165) is 53.6 Å². The van der Waals surface area contributed by atoms with Crippen LogP contribution in [0, 0.1) is 0 Å². The summed E-state index contributed by atoms with van der Waals surface area (Å²) in [5.74, 6) is 0.868. The van der Waals surface area contributed by atoms with Crippen molar-refractivity contribution in [2.75, 3.05) is 40.5 Å². The van der Waals surface area contributed by atoms with Crippen LogP contribution < -0.4 is 31.9 Å². The number of halogens is 1. The molecule has 2 fully saturated rings. The van der Waals surface area contributed by atoms with Gasteiger partial charge in [0, 0.05) is 48.7 Å². The van der Waals surface area contributed by atoms with Crippen LogP contribution in [0.25, 0.3) is 0 Å². The molecule has 0 aliphatic carbocycles. The number of benzene rings is 2. The Labute approximate surface area is 236 Å². The second-order valence-electron chi connectivity index (χ2n) is 10.1. The maximum atomic E-state index is 12.1. The van der Waals surface area contributed by atoms with Crippen molar-refractivity contribution in [3.8, 4) is 0 Å². The number of nitrogens with zero attached hydrogens (tertiary/aromatic N) is 4. The molecule has 2 saturated heterocycles. The third kappa shape index (κ3) is 6.38. The second kappa shape index (κ2) is 11.3. The van der Waals surface area contributed by atoms with E-state index in [2.05, 4.69) is 32.4 Å². The monoisotopic (exact) mass is 566 g/mol. The summed E-state index contributed by atoms with van der Waals surface area (Å²) in [5.41, 5.74) is 14.9. The van der Waals surface area contributed by atoms with Crippen LogP contribution in [-0.4, -0.2) is 47.1 Å². The van der Waals surface area contributed by atoms with Crippen LogP contribution in [0.4, 0.5) is 27.8 Å². The molecule has 2 aliphatic heterocycles. The van der Waals surface area contributed by atoms with Crippen LogP contribution >= 0.6 is 23.4 Å². The first-order valence-corrected chi connectivity index (χ1v) is 13.9. The summed E-state index contributed by atoms with van der Waals surface area (Å²) >= 11 is 8.11. The first-order chi connectivity index (χ1) is 18.7. The number of hydrogen-bond donors (Lipinski definition) is 4. The summed E-state index contributed by atoms with van der Waals surface area (Å²) in [5, 5.41) is 6.88. The number of piperidine rings is 1. The van der Waals surface area contributed by atoms with Gasteiger partial charge in [-0.1, -0.05) is 41.6 Å². The van der Waals surface area contributed by atoms with E-state index in [0.29, 0.717) is 29.0 Å². The van der Waals surface area contributed by atoms with Gasteiger partial charge in [0.05, 0.1) is 16.9 Å². The van der Waals surface area contributed by atoms with Gasteiger partial charge in [0.25, 0.3) is 0 Å². The molecule has 3 heterocycles. The minimum absolute atomic E-state index is 0.140. The fourth-order valence-electron chi connectivity index (χ4n) is 4.49. The van der Waals surface area contributed by atoms with Gasteiger partial charge in [-0.25, -0.2) is 14.8 Å². The van der Waals surface area contributed by atoms with Crippen molar-refractivity contribution in [3.05, 3.63) is 59.2 Å². The zero-order valence-electron chi connectivity index (χ0n) is 21.6. The maximum absolute atomic E-state index is 12.1. The average Bonchev–Trinajstić information content (AvgIpc) is 2.91. The molecule has 0 spiro atoms. The van der Waals surface area contributed by atoms with Gasteiger partial charge in [-0.2, -0.15) is 0 Å². The standard InChI is InChI=1S/C27H31ClN8O2S/c1-27(30)10-13-35(14-11-27)21-16-32-25(24(29)33-21)39-20-4-2-3-19(23(20)28)31-15-17-5-7-18(8-6-17)36-12-9-22(37)34-26(36)38/h2-8,16,31H,9-15,30H2,1H3,(H2,29,33)(H,34,37,38). The highest BCUT2D eigenvalue weighted by Crippen LogP contribution is 2.39. The number of nitrogen functional groups attached to an aromatic ring is 1. The van der Waals surface area contributed by atoms with E-state index in [1.165, 1.54) is 11.8 Å². The van der Waals surface area contributed by atoms with Crippen molar-refractivity contribution in [2.24, 2.45) is 5.73 Å². The van der Waals surface area contributed by atoms with Crippen LogP contribution in [0.1, 0.15) is 31.7 Å². The maximum Gasteiger partial charge on any atom is 0.328 e. The van der Waals surface area contributed by atoms with E-state index in [-0.39, 0.29) is 17.9 Å². The number of nitrogens with one attached hydrogen (secondary N) is 2. The number of rotatable bonds is 7. The summed E-state index contributed by atoms with van der Waals surface area (Å²) in [4.78, 5) is 37.2. The normalized spacial score (nSPS) is 17.2. The molecule has 39 heavy (non-hydrogen) atoms. The van der Waals surface area contributed by atoms with Crippen molar-refractivity contribution in [3.63, 3.8) is 0 Å². The zero-order chi connectivity index (χ0) is 27.6. The van der Waals surface area contributed by atoms with Crippen molar-refractivity contribution >= 4 is 58.3 Å². The first kappa shape index (κ1) is 27.0. The van der Waals surface area contributed by atoms with Crippen molar-refractivity contribution < 1.29 is 9.59 Å². The Bertz CT molecular complexity index is 1370. The molecule has 0 bridgehead atoms. The molecule has 1 aromatic heterocycles. The Hall–Kier alpha value is -3.54. The SMILES string of the molecule is CC1(N)CCN(c2cnc(Sc3cccc(NCc4ccc(N5CCC(=O)NC5=O)cc4)c3Cl)c(N)n2)CC1. The second-order valence-corrected chi connectivity index (χ2v) is 11.5. The quantitative estimate of drug-likeness (QED) is 0.330. The van der Waals surface area contributed by atoms with Crippen LogP contribution in [0.3, 0.4) is 0 Å². The lowest BCUT2D eigenvalue weighted by molar-refractivity contribution is -0.120. The number of carbonyl (C=O) groups is 2. The Morgan fingerprint density at radius 3 is 2.56 bits per heavy atom. The molecule has 5 rings (SSSR count). The molecule has 2 aromatic carbocycles. The molecule has 0 unspecified atom stereocenters. The van der Waals surface area contributed by atoms with Gasteiger partial charge in [0.1, 0.15) is 10.8 Å². The van der Waals surface area contributed by atoms with E-state index in [1.54, 1.807) is 11.1 Å². The number of aromatic nitrogens is 2. The van der Waals surface area contributed by atoms with Gasteiger partial charge in [0.15, 0.2) is 5.82 Å². The van der Waals surface area contributed by atoms with Crippen LogP contribution in [0.15, 0.2) is 58.6 Å². The molecule has 3 aromatic rings. The number of anilines is 4. The van der Waals surface area contributed by atoms with E-state index in [4.69, 9.17) is 23.1 Å². The molecule has 10 nitrogen and oxygen atoms in total. The minimum Gasteiger partial charge on any atom is -0.381 e. The molecule has 12 heteroatoms. The van der Waals surface area contributed by atoms with Gasteiger partial charge >= 0.3 is 6.03 Å². The topological polar surface area (TPSA) is 142 Å². The third-order valence-corrected chi connectivity index (χ3v) is 8.52. The van der Waals surface area contributed by atoms with Crippen LogP contribution in [0.5, 0.6) is 0 Å². The highest BCUT2D eigenvalue weighted by Gasteiger charge is 2.27. The number of carbonyl (C=O) groups excluding carboxylic acids is 2. The molecular weight excluding hydrogens is 536 g/mol. The van der Waals surface area contributed by atoms with Crippen LogP contribution in [-0.2, 0) is 11.3 Å². The molecule has 2 aliphatic rings. The molecule has 6 N–H and O–H groups in total. The highest BCUT2D eigenvalue weighted by molar-refractivity contribution is 7.99. The number of urea groups is 1. The predicted molar refractivity (Wildman–Crippen MR) is 155 cm³/mol. The fraction of sp³-hybridized carbons (Fsp3) is 0.333. The zero-order valence-corrected chi connectivity index (χ0v) is 23.2. The van der Waals surface area contributed by atoms with Crippen molar-refractivity contribution in [1.82, 2.24) is 15.3 Å². The van der Waals surface area contributed by atoms with Gasteiger partial charge in [0.2, 0.25) is 5.91 Å². The van der Waals surface area contributed by atoms with Crippen molar-refractivity contribution in [1.29, 1.82) is 0 Å². The lowest BCUT2D eigenvalue weighted by Gasteiger charge is -2.37. The molecule has 0 saturated carbocycles. The molecule has 0 radical (unpaired) electrons. The Morgan fingerprint density at radius 2 is 1.87 bits per heavy atom. The van der Waals surface area contributed by atoms with E-state index in [1.807, 2.05) is 42.5 Å². The molecular formula is C27H31ClN8O2S. The highest BCUT2D eigenvalue weighted by atomic mass is 35.5. The van der Waals surface area contributed by atoms with E-state index < -0.39 is 6.03 Å². The van der Waals surface area contributed by atoms with Gasteiger partial charge < -0.3 is 21.7 Å². The average molecular weight is 567 g/mol. The number of nitrogens with two attached hydrogens (primary N) is 2. The van der Waals surface area contributed by atoms with Gasteiger partial charge in [-0.05, 0) is 49.6 Å². The summed E-state index contributed by atoms with van der Waals surface area (Å²) in [7, 11) is 0. The molecule has 3 amide bonds. The number of amides is 3. The summed E-state index contributed by atoms with van der Waals surface area (Å²) in [6.07, 6.45) is 3.82. The largest absolute Gasteiger partial charge is 0.381 e. The summed E-state index contributed by atoms with van der Waals surface area (Å²) < 4.78 is 0. The summed E-state index contributed by atoms with van der Waals surface area (Å²) in [6.45, 7) is 4.63. The first-order valence-electron chi connectivity index (χ1n) is 12.8. The van der Waals surface area contributed by atoms with E-state index >= 15 is 0 Å². The van der Waals surface area contributed by atoms with Crippen molar-refractivity contribution in [2.45, 2.75) is 48.2 Å².